The largest absolute Gasteiger partial charge is 0.452 e. The lowest BCUT2D eigenvalue weighted by molar-refractivity contribution is -0.152. The highest BCUT2D eigenvalue weighted by atomic mass is 35.5. The van der Waals surface area contributed by atoms with Gasteiger partial charge in [0.25, 0.3) is 5.91 Å². The second-order valence-corrected chi connectivity index (χ2v) is 6.76. The summed E-state index contributed by atoms with van der Waals surface area (Å²) in [6.45, 7) is 5.78. The van der Waals surface area contributed by atoms with E-state index in [4.69, 9.17) is 16.3 Å². The number of hydrogen-bond acceptors (Lipinski definition) is 3. The molecule has 5 heteroatoms. The minimum atomic E-state index is -0.875. The molecule has 1 amide bonds. The Morgan fingerprint density at radius 2 is 1.73 bits per heavy atom. The Morgan fingerprint density at radius 3 is 2.38 bits per heavy atom. The molecule has 0 saturated carbocycles. The van der Waals surface area contributed by atoms with Gasteiger partial charge in [-0.25, -0.2) is 0 Å². The third kappa shape index (κ3) is 5.60. The van der Waals surface area contributed by atoms with Crippen molar-refractivity contribution in [1.82, 2.24) is 0 Å². The van der Waals surface area contributed by atoms with Crippen molar-refractivity contribution in [2.75, 3.05) is 5.32 Å². The van der Waals surface area contributed by atoms with Crippen LogP contribution in [0.4, 0.5) is 5.69 Å². The molecule has 0 spiro atoms. The molecule has 0 bridgehead atoms. The molecule has 0 unspecified atom stereocenters. The number of esters is 1. The van der Waals surface area contributed by atoms with Gasteiger partial charge in [0.05, 0.1) is 6.42 Å². The minimum absolute atomic E-state index is 0.0955. The summed E-state index contributed by atoms with van der Waals surface area (Å²) in [6, 6.07) is 14.6. The summed E-state index contributed by atoms with van der Waals surface area (Å²) in [5.74, 6) is -0.468. The van der Waals surface area contributed by atoms with Crippen molar-refractivity contribution < 1.29 is 14.3 Å². The molecule has 0 heterocycles. The quantitative estimate of drug-likeness (QED) is 0.697. The lowest BCUT2D eigenvalue weighted by Gasteiger charge is -2.18. The molecule has 2 rings (SSSR count). The van der Waals surface area contributed by atoms with Crippen LogP contribution in [0.2, 0.25) is 5.02 Å². The van der Waals surface area contributed by atoms with Crippen molar-refractivity contribution in [2.45, 2.75) is 45.6 Å². The fourth-order valence-electron chi connectivity index (χ4n) is 2.56. The summed E-state index contributed by atoms with van der Waals surface area (Å²) >= 11 is 5.83. The SMILES string of the molecule is CC[C@@H](C)c1ccccc1NC(=O)[C@H](C)OC(=O)Cc1ccc(Cl)cc1. The van der Waals surface area contributed by atoms with Crippen LogP contribution in [-0.4, -0.2) is 18.0 Å². The van der Waals surface area contributed by atoms with E-state index in [0.29, 0.717) is 10.9 Å². The summed E-state index contributed by atoms with van der Waals surface area (Å²) in [5, 5.41) is 3.47. The van der Waals surface area contributed by atoms with Crippen LogP contribution < -0.4 is 5.32 Å². The Hall–Kier alpha value is -2.33. The summed E-state index contributed by atoms with van der Waals surface area (Å²) in [7, 11) is 0. The first-order valence-electron chi connectivity index (χ1n) is 8.74. The Kier molecular flexibility index (Phi) is 7.22. The van der Waals surface area contributed by atoms with Crippen molar-refractivity contribution in [3.8, 4) is 0 Å². The molecular formula is C21H24ClNO3. The number of anilines is 1. The van der Waals surface area contributed by atoms with Crippen LogP contribution in [0.3, 0.4) is 0 Å². The van der Waals surface area contributed by atoms with Crippen LogP contribution in [0.15, 0.2) is 48.5 Å². The van der Waals surface area contributed by atoms with Crippen molar-refractivity contribution in [2.24, 2.45) is 0 Å². The highest BCUT2D eigenvalue weighted by molar-refractivity contribution is 6.30. The molecule has 2 aromatic rings. The normalized spacial score (nSPS) is 12.9. The molecule has 0 fully saturated rings. The topological polar surface area (TPSA) is 55.4 Å². The molecule has 2 atom stereocenters. The van der Waals surface area contributed by atoms with E-state index in [2.05, 4.69) is 19.2 Å². The van der Waals surface area contributed by atoms with E-state index in [1.165, 1.54) is 0 Å². The zero-order chi connectivity index (χ0) is 19.1. The zero-order valence-corrected chi connectivity index (χ0v) is 16.0. The van der Waals surface area contributed by atoms with Crippen LogP contribution in [0.1, 0.15) is 44.2 Å². The van der Waals surface area contributed by atoms with E-state index in [0.717, 1.165) is 23.2 Å². The van der Waals surface area contributed by atoms with Gasteiger partial charge in [-0.2, -0.15) is 0 Å². The fourth-order valence-corrected chi connectivity index (χ4v) is 2.68. The van der Waals surface area contributed by atoms with E-state index >= 15 is 0 Å². The molecule has 0 saturated heterocycles. The van der Waals surface area contributed by atoms with Gasteiger partial charge in [0, 0.05) is 10.7 Å². The van der Waals surface area contributed by atoms with E-state index in [1.807, 2.05) is 24.3 Å². The van der Waals surface area contributed by atoms with E-state index in [1.54, 1.807) is 31.2 Å². The molecule has 0 aromatic heterocycles. The molecule has 0 radical (unpaired) electrons. The van der Waals surface area contributed by atoms with Crippen LogP contribution >= 0.6 is 11.6 Å². The van der Waals surface area contributed by atoms with Gasteiger partial charge in [0.15, 0.2) is 6.10 Å². The molecule has 0 aliphatic heterocycles. The highest BCUT2D eigenvalue weighted by Crippen LogP contribution is 2.26. The van der Waals surface area contributed by atoms with Crippen LogP contribution in [-0.2, 0) is 20.7 Å². The molecule has 138 valence electrons. The first kappa shape index (κ1) is 20.0. The second kappa shape index (κ2) is 9.39. The Morgan fingerprint density at radius 1 is 1.08 bits per heavy atom. The van der Waals surface area contributed by atoms with Gasteiger partial charge in [-0.3, -0.25) is 9.59 Å². The minimum Gasteiger partial charge on any atom is -0.452 e. The van der Waals surface area contributed by atoms with Crippen LogP contribution in [0.5, 0.6) is 0 Å². The lowest BCUT2D eigenvalue weighted by atomic mass is 9.97. The van der Waals surface area contributed by atoms with E-state index < -0.39 is 12.1 Å². The van der Waals surface area contributed by atoms with Crippen LogP contribution in [0.25, 0.3) is 0 Å². The monoisotopic (exact) mass is 373 g/mol. The van der Waals surface area contributed by atoms with Crippen molar-refractivity contribution in [3.05, 3.63) is 64.7 Å². The van der Waals surface area contributed by atoms with E-state index in [9.17, 15) is 9.59 Å². The number of amides is 1. The van der Waals surface area contributed by atoms with Crippen molar-refractivity contribution in [1.29, 1.82) is 0 Å². The summed E-state index contributed by atoms with van der Waals surface area (Å²) in [6.07, 6.45) is 0.191. The lowest BCUT2D eigenvalue weighted by Crippen LogP contribution is -2.30. The number of hydrogen-bond donors (Lipinski definition) is 1. The molecule has 0 aliphatic rings. The standard InChI is InChI=1S/C21H24ClNO3/c1-4-14(2)18-7-5-6-8-19(18)23-21(25)15(3)26-20(24)13-16-9-11-17(22)12-10-16/h5-12,14-15H,4,13H2,1-3H3,(H,23,25)/t14-,15+/m1/s1. The predicted octanol–water partition coefficient (Wildman–Crippen LogP) is 4.97. The first-order valence-corrected chi connectivity index (χ1v) is 9.12. The average molecular weight is 374 g/mol. The fraction of sp³-hybridized carbons (Fsp3) is 0.333. The molecule has 4 nitrogen and oxygen atoms in total. The van der Waals surface area contributed by atoms with Gasteiger partial charge in [0.2, 0.25) is 0 Å². The number of ether oxygens (including phenoxy) is 1. The molecule has 2 aromatic carbocycles. The average Bonchev–Trinajstić information content (AvgIpc) is 2.63. The van der Waals surface area contributed by atoms with E-state index in [-0.39, 0.29) is 12.3 Å². The number of carbonyl (C=O) groups is 2. The van der Waals surface area contributed by atoms with Crippen LogP contribution in [0, 0.1) is 0 Å². The van der Waals surface area contributed by atoms with Gasteiger partial charge in [0.1, 0.15) is 0 Å². The van der Waals surface area contributed by atoms with Crippen molar-refractivity contribution in [3.63, 3.8) is 0 Å². The molecule has 0 aliphatic carbocycles. The zero-order valence-electron chi connectivity index (χ0n) is 15.3. The third-order valence-corrected chi connectivity index (χ3v) is 4.55. The summed E-state index contributed by atoms with van der Waals surface area (Å²) < 4.78 is 5.26. The smallest absolute Gasteiger partial charge is 0.311 e. The third-order valence-electron chi connectivity index (χ3n) is 4.30. The Bertz CT molecular complexity index is 758. The highest BCUT2D eigenvalue weighted by Gasteiger charge is 2.20. The molecule has 1 N–H and O–H groups in total. The molecular weight excluding hydrogens is 350 g/mol. The number of nitrogens with one attached hydrogen (secondary N) is 1. The number of carbonyl (C=O) groups excluding carboxylic acids is 2. The number of rotatable bonds is 7. The van der Waals surface area contributed by atoms with Gasteiger partial charge in [-0.1, -0.05) is 55.8 Å². The van der Waals surface area contributed by atoms with Gasteiger partial charge in [-0.15, -0.1) is 0 Å². The first-order chi connectivity index (χ1) is 12.4. The Balaban J connectivity index is 1.95. The number of halogens is 1. The predicted molar refractivity (Wildman–Crippen MR) is 104 cm³/mol. The van der Waals surface area contributed by atoms with Gasteiger partial charge in [-0.05, 0) is 48.6 Å². The van der Waals surface area contributed by atoms with Crippen molar-refractivity contribution >= 4 is 29.2 Å². The second-order valence-electron chi connectivity index (χ2n) is 6.32. The maximum atomic E-state index is 12.4. The summed E-state index contributed by atoms with van der Waals surface area (Å²) in [5.41, 5.74) is 2.62. The number of benzene rings is 2. The van der Waals surface area contributed by atoms with Gasteiger partial charge < -0.3 is 10.1 Å². The maximum Gasteiger partial charge on any atom is 0.311 e. The molecule has 26 heavy (non-hydrogen) atoms. The van der Waals surface area contributed by atoms with Gasteiger partial charge >= 0.3 is 5.97 Å². The number of para-hydroxylation sites is 1. The Labute approximate surface area is 159 Å². The summed E-state index contributed by atoms with van der Waals surface area (Å²) in [4.78, 5) is 24.5. The maximum absolute atomic E-state index is 12.4.